The lowest BCUT2D eigenvalue weighted by atomic mass is 10.1. The summed E-state index contributed by atoms with van der Waals surface area (Å²) in [5.74, 6) is 0.685. The van der Waals surface area contributed by atoms with Gasteiger partial charge in [-0.1, -0.05) is 6.07 Å². The van der Waals surface area contributed by atoms with Crippen LogP contribution < -0.4 is 9.47 Å². The molecule has 3 rings (SSSR count). The Hall–Kier alpha value is -2.19. The summed E-state index contributed by atoms with van der Waals surface area (Å²) in [7, 11) is -2.02. The summed E-state index contributed by atoms with van der Waals surface area (Å²) in [4.78, 5) is 8.45. The molecule has 1 aliphatic heterocycles. The van der Waals surface area contributed by atoms with Crippen molar-refractivity contribution < 1.29 is 17.9 Å². The molecule has 134 valence electrons. The predicted octanol–water partition coefficient (Wildman–Crippen LogP) is 1.94. The fraction of sp³-hybridized carbons (Fsp3) is 0.412. The van der Waals surface area contributed by atoms with Crippen LogP contribution >= 0.6 is 0 Å². The third-order valence-electron chi connectivity index (χ3n) is 4.31. The first-order valence-electron chi connectivity index (χ1n) is 8.00. The number of aromatic nitrogens is 2. The molecule has 1 fully saturated rings. The Morgan fingerprint density at radius 3 is 2.64 bits per heavy atom. The van der Waals surface area contributed by atoms with Crippen LogP contribution in [0, 0.1) is 13.8 Å². The molecule has 1 saturated heterocycles. The Morgan fingerprint density at radius 2 is 1.92 bits per heavy atom. The number of ether oxygens (including phenoxy) is 2. The smallest absolute Gasteiger partial charge is 0.243 e. The highest BCUT2D eigenvalue weighted by molar-refractivity contribution is 7.89. The summed E-state index contributed by atoms with van der Waals surface area (Å²) >= 11 is 0. The van der Waals surface area contributed by atoms with E-state index in [-0.39, 0.29) is 12.6 Å². The molecule has 1 unspecified atom stereocenters. The summed E-state index contributed by atoms with van der Waals surface area (Å²) in [6.07, 6.45) is 3.31. The van der Waals surface area contributed by atoms with Crippen molar-refractivity contribution >= 4 is 10.0 Å². The van der Waals surface area contributed by atoms with Gasteiger partial charge in [0.05, 0.1) is 30.9 Å². The molecule has 25 heavy (non-hydrogen) atoms. The fourth-order valence-corrected chi connectivity index (χ4v) is 4.26. The molecule has 1 aromatic carbocycles. The highest BCUT2D eigenvalue weighted by Gasteiger charge is 2.34. The molecule has 0 N–H and O–H groups in total. The first-order valence-corrected chi connectivity index (χ1v) is 9.44. The number of hydrogen-bond acceptors (Lipinski definition) is 6. The van der Waals surface area contributed by atoms with Gasteiger partial charge < -0.3 is 9.47 Å². The van der Waals surface area contributed by atoms with Crippen molar-refractivity contribution in [3.05, 3.63) is 41.7 Å². The molecule has 2 heterocycles. The first-order chi connectivity index (χ1) is 11.9. The van der Waals surface area contributed by atoms with Crippen LogP contribution in [-0.4, -0.2) is 49.0 Å². The van der Waals surface area contributed by atoms with Crippen LogP contribution in [0.5, 0.6) is 11.8 Å². The zero-order valence-electron chi connectivity index (χ0n) is 14.5. The maximum absolute atomic E-state index is 12.8. The van der Waals surface area contributed by atoms with Gasteiger partial charge in [-0.25, -0.2) is 8.42 Å². The maximum atomic E-state index is 12.8. The molecule has 0 bridgehead atoms. The van der Waals surface area contributed by atoms with E-state index in [4.69, 9.17) is 9.47 Å². The third kappa shape index (κ3) is 3.74. The largest absolute Gasteiger partial charge is 0.480 e. The van der Waals surface area contributed by atoms with Crippen molar-refractivity contribution in [2.75, 3.05) is 20.2 Å². The quantitative estimate of drug-likeness (QED) is 0.807. The molecular weight excluding hydrogens is 342 g/mol. The minimum atomic E-state index is -3.52. The van der Waals surface area contributed by atoms with E-state index in [1.165, 1.54) is 23.8 Å². The molecule has 0 spiro atoms. The van der Waals surface area contributed by atoms with Gasteiger partial charge >= 0.3 is 0 Å². The highest BCUT2D eigenvalue weighted by atomic mass is 32.2. The SMILES string of the molecule is COc1cncc(OC2CCN(S(=O)(=O)c3ccc(C)c(C)c3)C2)n1. The predicted molar refractivity (Wildman–Crippen MR) is 92.3 cm³/mol. The second kappa shape index (κ2) is 6.97. The van der Waals surface area contributed by atoms with Crippen LogP contribution in [0.25, 0.3) is 0 Å². The minimum absolute atomic E-state index is 0.261. The molecular formula is C17H21N3O4S. The van der Waals surface area contributed by atoms with Crippen LogP contribution in [0.1, 0.15) is 17.5 Å². The zero-order valence-corrected chi connectivity index (χ0v) is 15.3. The molecule has 0 amide bonds. The van der Waals surface area contributed by atoms with Gasteiger partial charge in [-0.15, -0.1) is 0 Å². The van der Waals surface area contributed by atoms with E-state index < -0.39 is 10.0 Å². The Morgan fingerprint density at radius 1 is 1.16 bits per heavy atom. The Labute approximate surface area is 147 Å². The Kier molecular flexibility index (Phi) is 4.91. The van der Waals surface area contributed by atoms with E-state index in [0.717, 1.165) is 11.1 Å². The minimum Gasteiger partial charge on any atom is -0.480 e. The standard InChI is InChI=1S/C17H21N3O4S/c1-12-4-5-15(8-13(12)2)25(21,22)20-7-6-14(11-20)24-17-10-18-9-16(19-17)23-3/h4-5,8-10,14H,6-7,11H2,1-3H3. The van der Waals surface area contributed by atoms with Gasteiger partial charge in [0.1, 0.15) is 6.10 Å². The zero-order chi connectivity index (χ0) is 18.0. The van der Waals surface area contributed by atoms with Gasteiger partial charge in [0.25, 0.3) is 0 Å². The van der Waals surface area contributed by atoms with E-state index in [2.05, 4.69) is 9.97 Å². The average molecular weight is 363 g/mol. The number of rotatable bonds is 5. The van der Waals surface area contributed by atoms with E-state index in [0.29, 0.717) is 29.6 Å². The van der Waals surface area contributed by atoms with E-state index in [9.17, 15) is 8.42 Å². The van der Waals surface area contributed by atoms with Crippen molar-refractivity contribution in [2.24, 2.45) is 0 Å². The van der Waals surface area contributed by atoms with Gasteiger partial charge in [-0.05, 0) is 43.5 Å². The molecule has 0 aliphatic carbocycles. The fourth-order valence-electron chi connectivity index (χ4n) is 2.69. The molecule has 2 aromatic rings. The Balaban J connectivity index is 1.72. The molecule has 0 radical (unpaired) electrons. The second-order valence-electron chi connectivity index (χ2n) is 6.04. The molecule has 0 saturated carbocycles. The lowest BCUT2D eigenvalue weighted by molar-refractivity contribution is 0.203. The van der Waals surface area contributed by atoms with Gasteiger partial charge in [-0.3, -0.25) is 4.98 Å². The summed E-state index contributed by atoms with van der Waals surface area (Å²) in [5, 5.41) is 0. The van der Waals surface area contributed by atoms with Crippen LogP contribution in [0.3, 0.4) is 0 Å². The van der Waals surface area contributed by atoms with Crippen molar-refractivity contribution in [1.82, 2.24) is 14.3 Å². The lowest BCUT2D eigenvalue weighted by Crippen LogP contribution is -2.31. The molecule has 8 heteroatoms. The lowest BCUT2D eigenvalue weighted by Gasteiger charge is -2.17. The second-order valence-corrected chi connectivity index (χ2v) is 7.98. The summed E-state index contributed by atoms with van der Waals surface area (Å²) in [5.41, 5.74) is 2.03. The van der Waals surface area contributed by atoms with Crippen molar-refractivity contribution in [2.45, 2.75) is 31.3 Å². The Bertz CT molecular complexity index is 870. The van der Waals surface area contributed by atoms with Crippen LogP contribution in [0.4, 0.5) is 0 Å². The normalized spacial score (nSPS) is 18.3. The molecule has 1 aliphatic rings. The number of nitrogens with zero attached hydrogens (tertiary/aromatic N) is 3. The first kappa shape index (κ1) is 17.6. The van der Waals surface area contributed by atoms with Crippen molar-refractivity contribution in [3.8, 4) is 11.8 Å². The van der Waals surface area contributed by atoms with Crippen molar-refractivity contribution in [1.29, 1.82) is 0 Å². The topological polar surface area (TPSA) is 81.6 Å². The van der Waals surface area contributed by atoms with Gasteiger partial charge in [0, 0.05) is 6.54 Å². The average Bonchev–Trinajstić information content (AvgIpc) is 3.06. The third-order valence-corrected chi connectivity index (χ3v) is 6.17. The maximum Gasteiger partial charge on any atom is 0.243 e. The van der Waals surface area contributed by atoms with Crippen molar-refractivity contribution in [3.63, 3.8) is 0 Å². The number of methoxy groups -OCH3 is 1. The molecule has 7 nitrogen and oxygen atoms in total. The van der Waals surface area contributed by atoms with Crippen LogP contribution in [0.2, 0.25) is 0 Å². The summed E-state index contributed by atoms with van der Waals surface area (Å²) in [6.45, 7) is 4.57. The van der Waals surface area contributed by atoms with E-state index in [1.807, 2.05) is 19.9 Å². The monoisotopic (exact) mass is 363 g/mol. The number of sulfonamides is 1. The number of hydrogen-bond donors (Lipinski definition) is 0. The van der Waals surface area contributed by atoms with Gasteiger partial charge in [0.15, 0.2) is 0 Å². The highest BCUT2D eigenvalue weighted by Crippen LogP contribution is 2.25. The van der Waals surface area contributed by atoms with Gasteiger partial charge in [0.2, 0.25) is 21.8 Å². The van der Waals surface area contributed by atoms with Gasteiger partial charge in [-0.2, -0.15) is 9.29 Å². The van der Waals surface area contributed by atoms with E-state index >= 15 is 0 Å². The number of aryl methyl sites for hydroxylation is 2. The number of benzene rings is 1. The van der Waals surface area contributed by atoms with E-state index in [1.54, 1.807) is 12.1 Å². The summed E-state index contributed by atoms with van der Waals surface area (Å²) < 4.78 is 37.9. The van der Waals surface area contributed by atoms with Crippen LogP contribution in [0.15, 0.2) is 35.5 Å². The van der Waals surface area contributed by atoms with Crippen LogP contribution in [-0.2, 0) is 10.0 Å². The summed E-state index contributed by atoms with van der Waals surface area (Å²) in [6, 6.07) is 5.20. The molecule has 1 atom stereocenters. The molecule has 1 aromatic heterocycles.